The van der Waals surface area contributed by atoms with E-state index < -0.39 is 0 Å². The van der Waals surface area contributed by atoms with Gasteiger partial charge >= 0.3 is 0 Å². The molecule has 0 unspecified atom stereocenters. The maximum atomic E-state index is 13.1. The van der Waals surface area contributed by atoms with Crippen LogP contribution < -0.4 is 0 Å². The van der Waals surface area contributed by atoms with Crippen LogP contribution in [0, 0.1) is 8.70 Å². The first-order chi connectivity index (χ1) is 5.70. The van der Waals surface area contributed by atoms with Gasteiger partial charge in [0.25, 0.3) is 0 Å². The van der Waals surface area contributed by atoms with Crippen molar-refractivity contribution in [2.24, 2.45) is 0 Å². The highest BCUT2D eigenvalue weighted by molar-refractivity contribution is 14.1. The fraction of sp³-hybridized carbons (Fsp3) is 0. The smallest absolute Gasteiger partial charge is 0.191 e. The lowest BCUT2D eigenvalue weighted by Crippen LogP contribution is -1.69. The Morgan fingerprint density at radius 2 is 2.17 bits per heavy atom. The third-order valence-corrected chi connectivity index (χ3v) is 4.90. The van der Waals surface area contributed by atoms with Gasteiger partial charge in [0.2, 0.25) is 0 Å². The van der Waals surface area contributed by atoms with Gasteiger partial charge in [-0.2, -0.15) is 4.39 Å². The Hall–Kier alpha value is 0.320. The lowest BCUT2D eigenvalue weighted by molar-refractivity contribution is 0.652. The van der Waals surface area contributed by atoms with Crippen molar-refractivity contribution in [1.29, 1.82) is 0 Å². The zero-order chi connectivity index (χ0) is 8.72. The van der Waals surface area contributed by atoms with Crippen molar-refractivity contribution in [3.8, 4) is 0 Å². The zero-order valence-electron chi connectivity index (χ0n) is 5.77. The molecule has 2 rings (SSSR count). The molecule has 0 bridgehead atoms. The van der Waals surface area contributed by atoms with Crippen LogP contribution in [0.3, 0.4) is 0 Å². The van der Waals surface area contributed by atoms with E-state index in [1.54, 1.807) is 0 Å². The zero-order valence-corrected chi connectivity index (χ0v) is 10.3. The second-order valence-electron chi connectivity index (χ2n) is 2.31. The number of benzene rings is 1. The predicted molar refractivity (Wildman–Crippen MR) is 62.2 cm³/mol. The Kier molecular flexibility index (Phi) is 2.39. The molecule has 0 saturated carbocycles. The van der Waals surface area contributed by atoms with Crippen molar-refractivity contribution in [2.45, 2.75) is 0 Å². The molecule has 0 saturated heterocycles. The first-order valence-corrected chi connectivity index (χ1v) is 5.91. The van der Waals surface area contributed by atoms with Gasteiger partial charge in [-0.05, 0) is 44.6 Å². The minimum atomic E-state index is -0.144. The molecule has 0 fully saturated rings. The van der Waals surface area contributed by atoms with Crippen LogP contribution in [-0.2, 0) is 0 Å². The summed E-state index contributed by atoms with van der Waals surface area (Å²) in [5, 5.41) is 0.818. The molecule has 0 amide bonds. The summed E-state index contributed by atoms with van der Waals surface area (Å²) < 4.78 is 15.8. The van der Waals surface area contributed by atoms with Crippen LogP contribution >= 0.6 is 49.9 Å². The first kappa shape index (κ1) is 8.90. The van der Waals surface area contributed by atoms with Gasteiger partial charge in [-0.1, -0.05) is 12.1 Å². The Balaban J connectivity index is 2.95. The second kappa shape index (κ2) is 3.23. The Morgan fingerprint density at radius 1 is 1.42 bits per heavy atom. The predicted octanol–water partition coefficient (Wildman–Crippen LogP) is 4.41. The molecular weight excluding hydrogens is 354 g/mol. The van der Waals surface area contributed by atoms with Crippen LogP contribution in [-0.4, -0.2) is 0 Å². The number of hydrogen-bond donors (Lipinski definition) is 0. The van der Waals surface area contributed by atoms with Crippen LogP contribution in [0.15, 0.2) is 22.7 Å². The normalized spacial score (nSPS) is 10.9. The number of rotatable bonds is 0. The van der Waals surface area contributed by atoms with Crippen LogP contribution in [0.5, 0.6) is 0 Å². The molecule has 4 heteroatoms. The average Bonchev–Trinajstić information content (AvgIpc) is 2.32. The summed E-state index contributed by atoms with van der Waals surface area (Å²) in [6, 6.07) is 5.83. The maximum Gasteiger partial charge on any atom is 0.191 e. The van der Waals surface area contributed by atoms with Crippen LogP contribution in [0.4, 0.5) is 4.39 Å². The molecule has 12 heavy (non-hydrogen) atoms. The van der Waals surface area contributed by atoms with Gasteiger partial charge in [-0.3, -0.25) is 0 Å². The van der Waals surface area contributed by atoms with E-state index in [0.717, 1.165) is 13.7 Å². The van der Waals surface area contributed by atoms with Gasteiger partial charge in [-0.25, -0.2) is 0 Å². The molecule has 0 radical (unpaired) electrons. The number of halogens is 3. The number of thiophene rings is 1. The van der Waals surface area contributed by atoms with Crippen LogP contribution in [0.25, 0.3) is 10.1 Å². The van der Waals surface area contributed by atoms with Crippen molar-refractivity contribution < 1.29 is 4.39 Å². The van der Waals surface area contributed by atoms with E-state index in [-0.39, 0.29) is 5.13 Å². The van der Waals surface area contributed by atoms with Crippen LogP contribution in [0.2, 0.25) is 0 Å². The molecule has 0 spiro atoms. The molecule has 0 nitrogen and oxygen atoms in total. The minimum Gasteiger partial charge on any atom is -0.194 e. The highest BCUT2D eigenvalue weighted by Crippen LogP contribution is 2.36. The molecule has 0 N–H and O–H groups in total. The fourth-order valence-electron chi connectivity index (χ4n) is 1.03. The topological polar surface area (TPSA) is 0 Å². The second-order valence-corrected chi connectivity index (χ2v) is 5.23. The molecule has 1 aromatic carbocycles. The van der Waals surface area contributed by atoms with Gasteiger partial charge in [0, 0.05) is 8.96 Å². The van der Waals surface area contributed by atoms with Crippen molar-refractivity contribution in [3.63, 3.8) is 0 Å². The summed E-state index contributed by atoms with van der Waals surface area (Å²) in [7, 11) is 0. The molecule has 0 aliphatic carbocycles. The number of hydrogen-bond acceptors (Lipinski definition) is 1. The number of fused-ring (bicyclic) bond motifs is 1. The fourth-order valence-corrected chi connectivity index (χ4v) is 3.38. The summed E-state index contributed by atoms with van der Waals surface area (Å²) in [5.74, 6) is 0. The van der Waals surface area contributed by atoms with E-state index in [1.165, 1.54) is 11.3 Å². The summed E-state index contributed by atoms with van der Waals surface area (Å²) in [4.78, 5) is 0. The Bertz CT molecular complexity index is 438. The molecule has 0 aliphatic rings. The van der Waals surface area contributed by atoms with Gasteiger partial charge in [-0.15, -0.1) is 11.3 Å². The van der Waals surface area contributed by atoms with Crippen LogP contribution in [0.1, 0.15) is 0 Å². The molecule has 1 aromatic heterocycles. The quantitative estimate of drug-likeness (QED) is 0.613. The van der Waals surface area contributed by atoms with Gasteiger partial charge in [0.05, 0.1) is 9.17 Å². The van der Waals surface area contributed by atoms with Gasteiger partial charge in [0.1, 0.15) is 0 Å². The van der Waals surface area contributed by atoms with E-state index >= 15 is 0 Å². The van der Waals surface area contributed by atoms with E-state index in [4.69, 9.17) is 0 Å². The third-order valence-electron chi connectivity index (χ3n) is 1.57. The SMILES string of the molecule is Fc1sc2c(I)cccc2c1Br. The Morgan fingerprint density at radius 3 is 2.83 bits per heavy atom. The largest absolute Gasteiger partial charge is 0.194 e. The molecule has 2 aromatic rings. The van der Waals surface area contributed by atoms with E-state index in [2.05, 4.69) is 38.5 Å². The summed E-state index contributed by atoms with van der Waals surface area (Å²) >= 11 is 6.61. The summed E-state index contributed by atoms with van der Waals surface area (Å²) in [6.07, 6.45) is 0. The third kappa shape index (κ3) is 1.29. The van der Waals surface area contributed by atoms with Crippen molar-refractivity contribution >= 4 is 59.9 Å². The lowest BCUT2D eigenvalue weighted by Gasteiger charge is -1.91. The molecule has 62 valence electrons. The minimum absolute atomic E-state index is 0.144. The molecule has 1 heterocycles. The monoisotopic (exact) mass is 356 g/mol. The van der Waals surface area contributed by atoms with E-state index in [1.807, 2.05) is 18.2 Å². The molecular formula is C8H3BrFIS. The van der Waals surface area contributed by atoms with Crippen molar-refractivity contribution in [3.05, 3.63) is 31.4 Å². The summed E-state index contributed by atoms with van der Waals surface area (Å²) in [5.41, 5.74) is 0. The Labute approximate surface area is 95.0 Å². The highest BCUT2D eigenvalue weighted by atomic mass is 127. The van der Waals surface area contributed by atoms with Gasteiger partial charge < -0.3 is 0 Å². The average molecular weight is 357 g/mol. The van der Waals surface area contributed by atoms with Gasteiger partial charge in [0.15, 0.2) is 5.13 Å². The standard InChI is InChI=1S/C8H3BrFIS/c9-6-4-2-1-3-5(11)7(4)12-8(6)10/h1-3H. The first-order valence-electron chi connectivity index (χ1n) is 3.22. The highest BCUT2D eigenvalue weighted by Gasteiger charge is 2.10. The van der Waals surface area contributed by atoms with E-state index in [0.29, 0.717) is 4.47 Å². The molecule has 0 atom stereocenters. The van der Waals surface area contributed by atoms with Crippen molar-refractivity contribution in [2.75, 3.05) is 0 Å². The van der Waals surface area contributed by atoms with Crippen molar-refractivity contribution in [1.82, 2.24) is 0 Å². The lowest BCUT2D eigenvalue weighted by atomic mass is 10.3. The van der Waals surface area contributed by atoms with E-state index in [9.17, 15) is 4.39 Å². The molecule has 0 aliphatic heterocycles. The maximum absolute atomic E-state index is 13.1. The summed E-state index contributed by atoms with van der Waals surface area (Å²) in [6.45, 7) is 0.